The maximum absolute atomic E-state index is 12.8. The Kier molecular flexibility index (Phi) is 6.74. The van der Waals surface area contributed by atoms with E-state index in [-0.39, 0.29) is 17.5 Å². The molecule has 0 unspecified atom stereocenters. The van der Waals surface area contributed by atoms with E-state index in [1.54, 1.807) is 29.2 Å². The molecule has 0 aromatic heterocycles. The Labute approximate surface area is 192 Å². The van der Waals surface area contributed by atoms with Crippen LogP contribution in [0.2, 0.25) is 0 Å². The van der Waals surface area contributed by atoms with Gasteiger partial charge in [0.1, 0.15) is 5.60 Å². The van der Waals surface area contributed by atoms with Gasteiger partial charge in [0.2, 0.25) is 10.0 Å². The molecule has 1 aromatic carbocycles. The Morgan fingerprint density at radius 2 is 1.72 bits per heavy atom. The lowest BCUT2D eigenvalue weighted by Gasteiger charge is -2.32. The highest BCUT2D eigenvalue weighted by atomic mass is 32.2. The Morgan fingerprint density at radius 1 is 1.16 bits per heavy atom. The molecule has 3 rings (SSSR count). The van der Waals surface area contributed by atoms with Crippen molar-refractivity contribution in [3.8, 4) is 0 Å². The zero-order chi connectivity index (χ0) is 23.9. The van der Waals surface area contributed by atoms with E-state index in [0.29, 0.717) is 6.54 Å². The van der Waals surface area contributed by atoms with Crippen molar-refractivity contribution in [3.63, 3.8) is 0 Å². The molecule has 2 fully saturated rings. The summed E-state index contributed by atoms with van der Waals surface area (Å²) in [6.45, 7) is 14.0. The van der Waals surface area contributed by atoms with E-state index in [2.05, 4.69) is 4.72 Å². The van der Waals surface area contributed by atoms with Crippen molar-refractivity contribution in [2.45, 2.75) is 89.0 Å². The van der Waals surface area contributed by atoms with Crippen LogP contribution in [0.25, 0.3) is 0 Å². The highest BCUT2D eigenvalue weighted by Crippen LogP contribution is 2.36. The second-order valence-corrected chi connectivity index (χ2v) is 12.2. The van der Waals surface area contributed by atoms with Gasteiger partial charge in [-0.05, 0) is 78.9 Å². The Bertz CT molecular complexity index is 924. The molecule has 1 N–H and O–H groups in total. The first kappa shape index (κ1) is 25.0. The molecular weight excluding hydrogens is 431 g/mol. The van der Waals surface area contributed by atoms with Gasteiger partial charge in [-0.2, -0.15) is 0 Å². The molecule has 0 spiro atoms. The molecule has 0 radical (unpaired) electrons. The van der Waals surface area contributed by atoms with Crippen molar-refractivity contribution in [1.29, 1.82) is 0 Å². The number of hydrogen-bond donors (Lipinski definition) is 1. The number of carbonyl (C=O) groups is 1. The number of likely N-dealkylation sites (tertiary alicyclic amines) is 1. The van der Waals surface area contributed by atoms with Crippen LogP contribution in [0.15, 0.2) is 29.2 Å². The first-order chi connectivity index (χ1) is 14.6. The largest absolute Gasteiger partial charge is 0.494 e. The Morgan fingerprint density at radius 3 is 2.25 bits per heavy atom. The van der Waals surface area contributed by atoms with Crippen LogP contribution in [0.5, 0.6) is 0 Å². The Balaban J connectivity index is 1.63. The van der Waals surface area contributed by atoms with Crippen LogP contribution in [0, 0.1) is 0 Å². The monoisotopic (exact) mass is 466 g/mol. The molecule has 1 amide bonds. The fourth-order valence-electron chi connectivity index (χ4n) is 3.68. The molecule has 8 nitrogen and oxygen atoms in total. The molecule has 1 aromatic rings. The fraction of sp³-hybridized carbons (Fsp3) is 0.682. The first-order valence-corrected chi connectivity index (χ1v) is 12.5. The fourth-order valence-corrected chi connectivity index (χ4v) is 4.75. The number of rotatable bonds is 5. The van der Waals surface area contributed by atoms with Gasteiger partial charge in [0, 0.05) is 19.1 Å². The average Bonchev–Trinajstić information content (AvgIpc) is 3.21. The standard InChI is InChI=1S/C22H35BN2O6S/c1-20(2,3)29-19(26)25-14-8-9-17(25)15-24-32(27,28)18-12-10-16(11-13-18)23-30-21(4,5)22(6,7)31-23/h10-13,17,24H,8-9,14-15H2,1-7H3/t17-/m0/s1. The van der Waals surface area contributed by atoms with Gasteiger partial charge in [-0.3, -0.25) is 0 Å². The lowest BCUT2D eigenvalue weighted by atomic mass is 9.79. The van der Waals surface area contributed by atoms with Gasteiger partial charge in [0.15, 0.2) is 0 Å². The van der Waals surface area contributed by atoms with E-state index >= 15 is 0 Å². The van der Waals surface area contributed by atoms with Gasteiger partial charge in [0.05, 0.1) is 16.1 Å². The summed E-state index contributed by atoms with van der Waals surface area (Å²) < 4.78 is 45.8. The van der Waals surface area contributed by atoms with E-state index < -0.39 is 40.0 Å². The highest BCUT2D eigenvalue weighted by Gasteiger charge is 2.51. The Hall–Kier alpha value is -1.62. The van der Waals surface area contributed by atoms with Crippen molar-refractivity contribution in [3.05, 3.63) is 24.3 Å². The lowest BCUT2D eigenvalue weighted by molar-refractivity contribution is 0.00578. The van der Waals surface area contributed by atoms with Gasteiger partial charge in [-0.25, -0.2) is 17.9 Å². The molecule has 32 heavy (non-hydrogen) atoms. The summed E-state index contributed by atoms with van der Waals surface area (Å²) in [5.41, 5.74) is -0.770. The molecule has 2 saturated heterocycles. The van der Waals surface area contributed by atoms with Gasteiger partial charge in [-0.1, -0.05) is 12.1 Å². The van der Waals surface area contributed by atoms with Gasteiger partial charge in [0.25, 0.3) is 0 Å². The molecule has 0 bridgehead atoms. The molecule has 1 atom stereocenters. The summed E-state index contributed by atoms with van der Waals surface area (Å²) in [5.74, 6) is 0. The number of benzene rings is 1. The average molecular weight is 466 g/mol. The summed E-state index contributed by atoms with van der Waals surface area (Å²) in [6.07, 6.45) is 1.13. The molecule has 2 aliphatic heterocycles. The van der Waals surface area contributed by atoms with E-state index in [1.165, 1.54) is 0 Å². The van der Waals surface area contributed by atoms with Crippen molar-refractivity contribution in [1.82, 2.24) is 9.62 Å². The lowest BCUT2D eigenvalue weighted by Crippen LogP contribution is -2.45. The second kappa shape index (κ2) is 8.63. The molecular formula is C22H35BN2O6S. The maximum atomic E-state index is 12.8. The summed E-state index contributed by atoms with van der Waals surface area (Å²) in [6, 6.07) is 6.27. The van der Waals surface area contributed by atoms with Crippen LogP contribution in [-0.4, -0.2) is 62.5 Å². The van der Waals surface area contributed by atoms with E-state index in [4.69, 9.17) is 14.0 Å². The van der Waals surface area contributed by atoms with Crippen molar-refractivity contribution < 1.29 is 27.3 Å². The number of ether oxygens (including phenoxy) is 1. The quantitative estimate of drug-likeness (QED) is 0.671. The van der Waals surface area contributed by atoms with E-state index in [9.17, 15) is 13.2 Å². The minimum Gasteiger partial charge on any atom is -0.444 e. The summed E-state index contributed by atoms with van der Waals surface area (Å²) in [4.78, 5) is 14.2. The predicted octanol–water partition coefficient (Wildman–Crippen LogP) is 2.66. The molecule has 2 aliphatic rings. The summed E-state index contributed by atoms with van der Waals surface area (Å²) in [7, 11) is -4.28. The van der Waals surface area contributed by atoms with Gasteiger partial charge in [-0.15, -0.1) is 0 Å². The van der Waals surface area contributed by atoms with Gasteiger partial charge < -0.3 is 18.9 Å². The van der Waals surface area contributed by atoms with E-state index in [0.717, 1.165) is 18.3 Å². The molecule has 0 saturated carbocycles. The zero-order valence-corrected chi connectivity index (χ0v) is 20.9. The van der Waals surface area contributed by atoms with Crippen LogP contribution in [-0.2, 0) is 24.1 Å². The number of hydrogen-bond acceptors (Lipinski definition) is 6. The number of amides is 1. The minimum absolute atomic E-state index is 0.139. The van der Waals surface area contributed by atoms with Crippen molar-refractivity contribution >= 4 is 28.7 Å². The molecule has 178 valence electrons. The third kappa shape index (κ3) is 5.47. The topological polar surface area (TPSA) is 94.2 Å². The van der Waals surface area contributed by atoms with E-state index in [1.807, 2.05) is 48.5 Å². The molecule has 10 heteroatoms. The normalized spacial score (nSPS) is 22.9. The summed E-state index contributed by atoms with van der Waals surface area (Å²) >= 11 is 0. The zero-order valence-electron chi connectivity index (χ0n) is 20.1. The maximum Gasteiger partial charge on any atom is 0.494 e. The second-order valence-electron chi connectivity index (χ2n) is 10.5. The van der Waals surface area contributed by atoms with Crippen LogP contribution < -0.4 is 10.2 Å². The SMILES string of the molecule is CC(C)(C)OC(=O)N1CCC[C@H]1CNS(=O)(=O)c1ccc(B2OC(C)(C)C(C)(C)O2)cc1. The van der Waals surface area contributed by atoms with Crippen molar-refractivity contribution in [2.75, 3.05) is 13.1 Å². The first-order valence-electron chi connectivity index (χ1n) is 11.1. The third-order valence-corrected chi connectivity index (χ3v) is 7.67. The molecule has 2 heterocycles. The van der Waals surface area contributed by atoms with Gasteiger partial charge >= 0.3 is 13.2 Å². The molecule has 0 aliphatic carbocycles. The van der Waals surface area contributed by atoms with Crippen molar-refractivity contribution in [2.24, 2.45) is 0 Å². The number of nitrogens with zero attached hydrogens (tertiary/aromatic N) is 1. The number of carbonyl (C=O) groups excluding carboxylic acids is 1. The van der Waals surface area contributed by atoms with Crippen LogP contribution >= 0.6 is 0 Å². The minimum atomic E-state index is -3.73. The van der Waals surface area contributed by atoms with Crippen LogP contribution in [0.1, 0.15) is 61.3 Å². The number of nitrogens with one attached hydrogen (secondary N) is 1. The highest BCUT2D eigenvalue weighted by molar-refractivity contribution is 7.89. The third-order valence-electron chi connectivity index (χ3n) is 6.23. The summed E-state index contributed by atoms with van der Waals surface area (Å²) in [5, 5.41) is 0. The van der Waals surface area contributed by atoms with Crippen LogP contribution in [0.4, 0.5) is 4.79 Å². The smallest absolute Gasteiger partial charge is 0.444 e. The van der Waals surface area contributed by atoms with Crippen LogP contribution in [0.3, 0.4) is 0 Å². The predicted molar refractivity (Wildman–Crippen MR) is 123 cm³/mol. The number of sulfonamides is 1.